The van der Waals surface area contributed by atoms with Gasteiger partial charge in [0, 0.05) is 30.2 Å². The zero-order valence-electron chi connectivity index (χ0n) is 16.7. The van der Waals surface area contributed by atoms with Crippen LogP contribution in [0, 0.1) is 13.8 Å². The Morgan fingerprint density at radius 3 is 2.59 bits per heavy atom. The number of hydrogen-bond acceptors (Lipinski definition) is 4. The Hall–Kier alpha value is -2.51. The summed E-state index contributed by atoms with van der Waals surface area (Å²) in [5.74, 6) is -1.10. The number of carbonyl (C=O) groups excluding carboxylic acids is 1. The number of aromatic nitrogens is 1. The molecule has 0 radical (unpaired) electrons. The van der Waals surface area contributed by atoms with Gasteiger partial charge in [0.25, 0.3) is 5.91 Å². The van der Waals surface area contributed by atoms with Crippen LogP contribution >= 0.6 is 23.4 Å². The average Bonchev–Trinajstić information content (AvgIpc) is 3.10. The van der Waals surface area contributed by atoms with Gasteiger partial charge in [-0.15, -0.1) is 0 Å². The molecule has 1 saturated heterocycles. The maximum absolute atomic E-state index is 12.7. The highest BCUT2D eigenvalue weighted by atomic mass is 35.5. The fraction of sp³-hybridized carbons (Fsp3) is 0.286. The Labute approximate surface area is 178 Å². The minimum Gasteiger partial charge on any atom is -0.478 e. The Kier molecular flexibility index (Phi) is 6.19. The lowest BCUT2D eigenvalue weighted by Crippen LogP contribution is -2.28. The van der Waals surface area contributed by atoms with Crippen LogP contribution < -0.4 is 0 Å². The molecule has 29 heavy (non-hydrogen) atoms. The highest BCUT2D eigenvalue weighted by Crippen LogP contribution is 2.34. The zero-order chi connectivity index (χ0) is 21.3. The zero-order valence-corrected chi connectivity index (χ0v) is 18.3. The first-order valence-electron chi connectivity index (χ1n) is 9.26. The Bertz CT molecular complexity index is 1060. The van der Waals surface area contributed by atoms with Crippen molar-refractivity contribution in [2.45, 2.75) is 27.7 Å². The molecule has 0 aliphatic carbocycles. The van der Waals surface area contributed by atoms with E-state index in [0.29, 0.717) is 18.0 Å². The summed E-state index contributed by atoms with van der Waals surface area (Å²) in [6.07, 6.45) is 1.89. The molecule has 0 bridgehead atoms. The van der Waals surface area contributed by atoms with Gasteiger partial charge in [0.05, 0.1) is 15.5 Å². The number of carbonyl (C=O) groups is 2. The van der Waals surface area contributed by atoms with Crippen LogP contribution in [0.15, 0.2) is 34.2 Å². The molecular weight excluding hydrogens is 410 g/mol. The molecule has 1 fully saturated rings. The average molecular weight is 432 g/mol. The van der Waals surface area contributed by atoms with Gasteiger partial charge < -0.3 is 9.67 Å². The molecule has 0 spiro atoms. The Morgan fingerprint density at radius 2 is 2.00 bits per heavy atom. The molecule has 1 amide bonds. The maximum Gasteiger partial charge on any atom is 0.337 e. The van der Waals surface area contributed by atoms with Crippen molar-refractivity contribution in [3.8, 4) is 5.69 Å². The number of halogens is 1. The number of hydrogen-bond donors (Lipinski definition) is 1. The van der Waals surface area contributed by atoms with Gasteiger partial charge in [-0.25, -0.2) is 4.79 Å². The van der Waals surface area contributed by atoms with Gasteiger partial charge in [0.1, 0.15) is 0 Å². The largest absolute Gasteiger partial charge is 0.478 e. The molecule has 8 heteroatoms. The molecule has 2 aromatic rings. The summed E-state index contributed by atoms with van der Waals surface area (Å²) >= 11 is 7.54. The minimum atomic E-state index is -1.06. The van der Waals surface area contributed by atoms with Crippen molar-refractivity contribution in [1.29, 1.82) is 0 Å². The fourth-order valence-corrected chi connectivity index (χ4v) is 4.68. The number of rotatable bonds is 5. The number of aromatic carboxylic acids is 1. The van der Waals surface area contributed by atoms with E-state index in [1.165, 1.54) is 17.8 Å². The van der Waals surface area contributed by atoms with Crippen molar-refractivity contribution in [2.24, 2.45) is 4.99 Å². The lowest BCUT2D eigenvalue weighted by atomic mass is 10.2. The molecule has 1 N–H and O–H groups in total. The summed E-state index contributed by atoms with van der Waals surface area (Å²) in [6.45, 7) is 9.00. The second-order valence-corrected chi connectivity index (χ2v) is 7.96. The molecule has 1 aliphatic rings. The van der Waals surface area contributed by atoms with Crippen LogP contribution in [0.25, 0.3) is 11.8 Å². The predicted octanol–water partition coefficient (Wildman–Crippen LogP) is 4.76. The van der Waals surface area contributed by atoms with Gasteiger partial charge in [-0.2, -0.15) is 0 Å². The number of amides is 1. The van der Waals surface area contributed by atoms with Gasteiger partial charge in [0.2, 0.25) is 0 Å². The number of aliphatic imine (C=N–C) groups is 1. The van der Waals surface area contributed by atoms with Crippen LogP contribution in [-0.2, 0) is 4.79 Å². The van der Waals surface area contributed by atoms with Gasteiger partial charge in [-0.3, -0.25) is 14.7 Å². The third kappa shape index (κ3) is 3.97. The maximum atomic E-state index is 12.7. The van der Waals surface area contributed by atoms with E-state index in [2.05, 4.69) is 4.99 Å². The molecule has 152 valence electrons. The summed E-state index contributed by atoms with van der Waals surface area (Å²) in [5.41, 5.74) is 3.65. The number of benzene rings is 1. The topological polar surface area (TPSA) is 74.9 Å². The van der Waals surface area contributed by atoms with Crippen LogP contribution in [0.3, 0.4) is 0 Å². The lowest BCUT2D eigenvalue weighted by Gasteiger charge is -2.11. The van der Waals surface area contributed by atoms with Crippen LogP contribution in [0.2, 0.25) is 5.02 Å². The fourth-order valence-electron chi connectivity index (χ4n) is 3.33. The number of likely N-dealkylation sites (N-methyl/N-ethyl adjacent to an activating group) is 1. The first-order valence-corrected chi connectivity index (χ1v) is 10.5. The van der Waals surface area contributed by atoms with Crippen molar-refractivity contribution in [3.63, 3.8) is 0 Å². The quantitative estimate of drug-likeness (QED) is 0.692. The number of aryl methyl sites for hydroxylation is 1. The van der Waals surface area contributed by atoms with Crippen molar-refractivity contribution >= 4 is 46.5 Å². The van der Waals surface area contributed by atoms with Crippen LogP contribution in [0.4, 0.5) is 0 Å². The molecule has 2 heterocycles. The molecule has 0 atom stereocenters. The SMILES string of the molecule is CCN=C1S/C(=C\c2cc(C)n(-c3ccc(C(=O)O)c(Cl)c3)c2C)C(=O)N1CC. The van der Waals surface area contributed by atoms with Gasteiger partial charge >= 0.3 is 5.97 Å². The summed E-state index contributed by atoms with van der Waals surface area (Å²) in [6, 6.07) is 6.87. The normalized spacial score (nSPS) is 17.0. The van der Waals surface area contributed by atoms with E-state index < -0.39 is 5.97 Å². The predicted molar refractivity (Wildman–Crippen MR) is 118 cm³/mol. The van der Waals surface area contributed by atoms with Crippen LogP contribution in [-0.4, -0.2) is 44.7 Å². The molecule has 1 aromatic heterocycles. The van der Waals surface area contributed by atoms with E-state index in [4.69, 9.17) is 11.6 Å². The molecule has 0 saturated carbocycles. The van der Waals surface area contributed by atoms with Crippen molar-refractivity contribution < 1.29 is 14.7 Å². The highest BCUT2D eigenvalue weighted by Gasteiger charge is 2.32. The summed E-state index contributed by atoms with van der Waals surface area (Å²) in [5, 5.41) is 10.1. The lowest BCUT2D eigenvalue weighted by molar-refractivity contribution is -0.122. The van der Waals surface area contributed by atoms with Crippen LogP contribution in [0.5, 0.6) is 0 Å². The van der Waals surface area contributed by atoms with E-state index in [1.807, 2.05) is 44.4 Å². The van der Waals surface area contributed by atoms with Gasteiger partial charge in [0.15, 0.2) is 5.17 Å². The third-order valence-electron chi connectivity index (χ3n) is 4.70. The minimum absolute atomic E-state index is 0.0386. The Morgan fingerprint density at radius 1 is 1.28 bits per heavy atom. The second-order valence-electron chi connectivity index (χ2n) is 6.55. The first kappa shape index (κ1) is 21.2. The van der Waals surface area contributed by atoms with E-state index >= 15 is 0 Å². The number of amidine groups is 1. The molecule has 6 nitrogen and oxygen atoms in total. The van der Waals surface area contributed by atoms with Gasteiger partial charge in [-0.05, 0) is 75.4 Å². The van der Waals surface area contributed by atoms with E-state index in [9.17, 15) is 14.7 Å². The smallest absolute Gasteiger partial charge is 0.337 e. The van der Waals surface area contributed by atoms with Crippen molar-refractivity contribution in [3.05, 3.63) is 56.7 Å². The Balaban J connectivity index is 2.02. The highest BCUT2D eigenvalue weighted by molar-refractivity contribution is 8.18. The van der Waals surface area contributed by atoms with E-state index in [1.54, 1.807) is 17.0 Å². The van der Waals surface area contributed by atoms with E-state index in [-0.39, 0.29) is 16.5 Å². The number of nitrogens with zero attached hydrogens (tertiary/aromatic N) is 3. The number of carboxylic acid groups (broad SMARTS) is 1. The monoisotopic (exact) mass is 431 g/mol. The standard InChI is InChI=1S/C21H22ClN3O3S/c1-5-23-21-24(6-2)19(26)18(29-21)10-14-9-12(3)25(13(14)4)15-7-8-16(20(27)28)17(22)11-15/h7-11H,5-6H2,1-4H3,(H,27,28)/b18-10-,23-21?. The van der Waals surface area contributed by atoms with Crippen molar-refractivity contribution in [2.75, 3.05) is 13.1 Å². The van der Waals surface area contributed by atoms with Gasteiger partial charge in [-0.1, -0.05) is 11.6 Å². The first-order chi connectivity index (χ1) is 13.8. The summed E-state index contributed by atoms with van der Waals surface area (Å²) < 4.78 is 1.99. The molecule has 0 unspecified atom stereocenters. The van der Waals surface area contributed by atoms with Crippen molar-refractivity contribution in [1.82, 2.24) is 9.47 Å². The third-order valence-corrected chi connectivity index (χ3v) is 6.05. The molecule has 1 aliphatic heterocycles. The number of carboxylic acids is 1. The summed E-state index contributed by atoms with van der Waals surface area (Å²) in [4.78, 5) is 30.7. The van der Waals surface area contributed by atoms with E-state index in [0.717, 1.165) is 27.8 Å². The summed E-state index contributed by atoms with van der Waals surface area (Å²) in [7, 11) is 0. The molecule has 3 rings (SSSR count). The molecule has 1 aromatic carbocycles. The second kappa shape index (κ2) is 8.47. The number of thioether (sulfide) groups is 1. The van der Waals surface area contributed by atoms with Crippen LogP contribution in [0.1, 0.15) is 41.2 Å². The molecular formula is C21H22ClN3O3S.